The van der Waals surface area contributed by atoms with Gasteiger partial charge < -0.3 is 25.2 Å². The number of nitrogens with one attached hydrogen (secondary N) is 1. The molecule has 1 amide bonds. The highest BCUT2D eigenvalue weighted by Crippen LogP contribution is 2.42. The van der Waals surface area contributed by atoms with Crippen LogP contribution in [0.25, 0.3) is 22.4 Å². The zero-order valence-electron chi connectivity index (χ0n) is 24.9. The van der Waals surface area contributed by atoms with Crippen LogP contribution in [-0.4, -0.2) is 53.8 Å². The summed E-state index contributed by atoms with van der Waals surface area (Å²) in [6.45, 7) is 4.25. The third-order valence-corrected chi connectivity index (χ3v) is 6.93. The lowest BCUT2D eigenvalue weighted by molar-refractivity contribution is -0.139. The van der Waals surface area contributed by atoms with Crippen molar-refractivity contribution in [3.05, 3.63) is 102 Å². The maximum absolute atomic E-state index is 14.0. The lowest BCUT2D eigenvalue weighted by Gasteiger charge is -2.20. The fourth-order valence-corrected chi connectivity index (χ4v) is 5.20. The number of hydrogen-bond acceptors (Lipinski definition) is 5. The zero-order chi connectivity index (χ0) is 33.1. The van der Waals surface area contributed by atoms with Gasteiger partial charge in [0, 0.05) is 28.1 Å². The lowest BCUT2D eigenvalue weighted by atomic mass is 9.94. The number of nitrogens with zero attached hydrogens (tertiary/aromatic N) is 1. The molecule has 2 atom stereocenters. The molecule has 4 aromatic rings. The van der Waals surface area contributed by atoms with Crippen LogP contribution in [0.3, 0.4) is 0 Å². The molecule has 0 aliphatic heterocycles. The minimum absolute atomic E-state index is 0.0939. The van der Waals surface area contributed by atoms with Crippen molar-refractivity contribution in [3.8, 4) is 22.4 Å². The molecule has 0 unspecified atom stereocenters. The van der Waals surface area contributed by atoms with Gasteiger partial charge in [-0.3, -0.25) is 9.59 Å². The van der Waals surface area contributed by atoms with Crippen LogP contribution in [0.5, 0.6) is 0 Å². The van der Waals surface area contributed by atoms with Crippen molar-refractivity contribution >= 4 is 25.8 Å². The van der Waals surface area contributed by atoms with E-state index < -0.39 is 32.9 Å². The SMILES string of the molecule is CC(C)c1c(C(=O)Nc2ccccc2)c(-c2ccccc2)c(-c2ccc(F)cc2)n1CC[C@@H](O)C[C@@H](O)CC(=O)O.O=[P+](O)O. The number of aliphatic hydroxyl groups excluding tert-OH is 2. The zero-order valence-corrected chi connectivity index (χ0v) is 25.8. The molecule has 10 nitrogen and oxygen atoms in total. The first kappa shape index (κ1) is 35.2. The number of aliphatic carboxylic acids is 1. The summed E-state index contributed by atoms with van der Waals surface area (Å²) in [7, 11) is -2.87. The first-order chi connectivity index (χ1) is 21.4. The van der Waals surface area contributed by atoms with Crippen molar-refractivity contribution in [2.75, 3.05) is 5.32 Å². The number of carbonyl (C=O) groups excluding carboxylic acids is 1. The Morgan fingerprint density at radius 1 is 0.867 bits per heavy atom. The van der Waals surface area contributed by atoms with Crippen molar-refractivity contribution in [1.82, 2.24) is 4.57 Å². The van der Waals surface area contributed by atoms with E-state index in [4.69, 9.17) is 19.5 Å². The van der Waals surface area contributed by atoms with E-state index in [0.29, 0.717) is 28.1 Å². The number of rotatable bonds is 12. The maximum atomic E-state index is 14.0. The van der Waals surface area contributed by atoms with Crippen LogP contribution in [0.15, 0.2) is 84.9 Å². The van der Waals surface area contributed by atoms with Crippen LogP contribution in [-0.2, 0) is 15.9 Å². The molecule has 3 aromatic carbocycles. The largest absolute Gasteiger partial charge is 0.692 e. The van der Waals surface area contributed by atoms with E-state index in [0.717, 1.165) is 11.3 Å². The predicted molar refractivity (Wildman–Crippen MR) is 169 cm³/mol. The lowest BCUT2D eigenvalue weighted by Crippen LogP contribution is -2.22. The van der Waals surface area contributed by atoms with Crippen molar-refractivity contribution in [2.24, 2.45) is 0 Å². The summed E-state index contributed by atoms with van der Waals surface area (Å²) in [5, 5.41) is 32.8. The first-order valence-corrected chi connectivity index (χ1v) is 15.4. The van der Waals surface area contributed by atoms with Crippen LogP contribution in [0, 0.1) is 5.82 Å². The number of anilines is 1. The summed E-state index contributed by atoms with van der Waals surface area (Å²) < 4.78 is 24.7. The van der Waals surface area contributed by atoms with E-state index >= 15 is 0 Å². The van der Waals surface area contributed by atoms with Crippen LogP contribution >= 0.6 is 8.25 Å². The van der Waals surface area contributed by atoms with Crippen LogP contribution in [0.2, 0.25) is 0 Å². The third-order valence-electron chi connectivity index (χ3n) is 6.93. The molecular formula is C33H37FN2O8P+. The van der Waals surface area contributed by atoms with E-state index in [1.807, 2.05) is 79.1 Å². The van der Waals surface area contributed by atoms with Crippen molar-refractivity contribution in [3.63, 3.8) is 0 Å². The molecule has 238 valence electrons. The number of benzene rings is 3. The number of carbonyl (C=O) groups is 2. The fourth-order valence-electron chi connectivity index (χ4n) is 5.20. The number of para-hydroxylation sites is 1. The van der Waals surface area contributed by atoms with E-state index in [2.05, 4.69) is 5.32 Å². The summed E-state index contributed by atoms with van der Waals surface area (Å²) in [6, 6.07) is 24.8. The number of halogens is 1. The molecular weight excluding hydrogens is 602 g/mol. The summed E-state index contributed by atoms with van der Waals surface area (Å²) >= 11 is 0. The van der Waals surface area contributed by atoms with Gasteiger partial charge >= 0.3 is 14.2 Å². The Hall–Kier alpha value is -4.25. The molecule has 6 N–H and O–H groups in total. The van der Waals surface area contributed by atoms with Gasteiger partial charge in [-0.2, -0.15) is 0 Å². The topological polar surface area (TPSA) is 169 Å². The Kier molecular flexibility index (Phi) is 13.1. The number of aromatic nitrogens is 1. The molecule has 1 aromatic heterocycles. The summed E-state index contributed by atoms with van der Waals surface area (Å²) in [5.74, 6) is -1.93. The van der Waals surface area contributed by atoms with E-state index in [1.54, 1.807) is 12.1 Å². The second-order valence-corrected chi connectivity index (χ2v) is 11.2. The van der Waals surface area contributed by atoms with Gasteiger partial charge in [0.25, 0.3) is 5.91 Å². The van der Waals surface area contributed by atoms with E-state index in [1.165, 1.54) is 12.1 Å². The quantitative estimate of drug-likeness (QED) is 0.103. The van der Waals surface area contributed by atoms with Crippen molar-refractivity contribution in [1.29, 1.82) is 0 Å². The molecule has 4 rings (SSSR count). The fraction of sp³-hybridized carbons (Fsp3) is 0.273. The smallest absolute Gasteiger partial charge is 0.481 e. The molecule has 0 saturated carbocycles. The molecule has 0 fully saturated rings. The van der Waals surface area contributed by atoms with Crippen LogP contribution < -0.4 is 5.32 Å². The third kappa shape index (κ3) is 10.1. The summed E-state index contributed by atoms with van der Waals surface area (Å²) in [5.41, 5.74) is 4.77. The highest BCUT2D eigenvalue weighted by molar-refractivity contribution is 7.30. The molecule has 0 saturated heterocycles. The van der Waals surface area contributed by atoms with Gasteiger partial charge in [-0.15, -0.1) is 9.79 Å². The first-order valence-electron chi connectivity index (χ1n) is 14.3. The molecule has 1 heterocycles. The number of carboxylic acid groups (broad SMARTS) is 1. The average Bonchev–Trinajstić information content (AvgIpc) is 3.32. The van der Waals surface area contributed by atoms with Crippen LogP contribution in [0.1, 0.15) is 55.1 Å². The number of aliphatic hydroxyl groups is 2. The normalized spacial score (nSPS) is 12.2. The number of hydrogen-bond donors (Lipinski definition) is 6. The van der Waals surface area contributed by atoms with Crippen LogP contribution in [0.4, 0.5) is 10.1 Å². The monoisotopic (exact) mass is 639 g/mol. The van der Waals surface area contributed by atoms with Gasteiger partial charge in [-0.25, -0.2) is 4.39 Å². The summed E-state index contributed by atoms with van der Waals surface area (Å²) in [6.07, 6.45) is -2.51. The second kappa shape index (κ2) is 16.7. The number of carboxylic acids is 1. The minimum Gasteiger partial charge on any atom is -0.481 e. The minimum atomic E-state index is -2.87. The Bertz CT molecular complexity index is 1570. The Morgan fingerprint density at radius 3 is 1.96 bits per heavy atom. The molecule has 0 radical (unpaired) electrons. The van der Waals surface area contributed by atoms with Gasteiger partial charge in [0.1, 0.15) is 5.82 Å². The van der Waals surface area contributed by atoms with E-state index in [9.17, 15) is 24.2 Å². The Labute approximate surface area is 261 Å². The van der Waals surface area contributed by atoms with Gasteiger partial charge in [0.05, 0.1) is 29.9 Å². The maximum Gasteiger partial charge on any atom is 0.692 e. The van der Waals surface area contributed by atoms with Gasteiger partial charge in [-0.05, 0) is 66.3 Å². The van der Waals surface area contributed by atoms with Crippen molar-refractivity contribution in [2.45, 2.75) is 57.8 Å². The highest BCUT2D eigenvalue weighted by atomic mass is 31.1. The van der Waals surface area contributed by atoms with Gasteiger partial charge in [0.15, 0.2) is 0 Å². The summed E-state index contributed by atoms with van der Waals surface area (Å²) in [4.78, 5) is 39.3. The predicted octanol–water partition coefficient (Wildman–Crippen LogP) is 5.94. The van der Waals surface area contributed by atoms with E-state index in [-0.39, 0.29) is 37.0 Å². The average molecular weight is 640 g/mol. The second-order valence-electron chi connectivity index (χ2n) is 10.7. The molecule has 45 heavy (non-hydrogen) atoms. The molecule has 0 aliphatic carbocycles. The van der Waals surface area contributed by atoms with Gasteiger partial charge in [0.2, 0.25) is 0 Å². The highest BCUT2D eigenvalue weighted by Gasteiger charge is 2.31. The Balaban J connectivity index is 0.00000130. The van der Waals surface area contributed by atoms with Gasteiger partial charge in [-0.1, -0.05) is 62.4 Å². The molecule has 0 bridgehead atoms. The Morgan fingerprint density at radius 2 is 1.42 bits per heavy atom. The standard InChI is InChI=1S/C33H35FN2O5.HO3P/c1-21(2)31-30(33(41)35-25-11-7-4-8-12-25)29(22-9-5-3-6-10-22)32(23-13-15-24(34)16-14-23)36(31)18-17-26(37)19-27(38)20-28(39)40;1-4(2)3/h3-16,21,26-27,37-38H,17-20H2,1-2H3,(H,35,41)(H,39,40);(H-,1,2,3)/p+1/t26-,27-;/m1./s1. The molecule has 12 heteroatoms. The number of amides is 1. The molecule has 0 aliphatic rings. The molecule has 0 spiro atoms. The van der Waals surface area contributed by atoms with Crippen molar-refractivity contribution < 1.29 is 43.7 Å².